The summed E-state index contributed by atoms with van der Waals surface area (Å²) in [6.07, 6.45) is 1.89. The van der Waals surface area contributed by atoms with E-state index in [1.807, 2.05) is 6.20 Å². The summed E-state index contributed by atoms with van der Waals surface area (Å²) in [5.41, 5.74) is 3.86. The summed E-state index contributed by atoms with van der Waals surface area (Å²) in [6, 6.07) is 4.15. The number of halogens is 1. The fourth-order valence-corrected chi connectivity index (χ4v) is 1.91. The molecule has 2 aromatic rings. The molecule has 72 valence electrons. The van der Waals surface area contributed by atoms with Crippen LogP contribution in [0.4, 0.5) is 0 Å². The Morgan fingerprint density at radius 1 is 1.43 bits per heavy atom. The van der Waals surface area contributed by atoms with E-state index in [0.29, 0.717) is 5.71 Å². The maximum Gasteiger partial charge on any atom is 0.0464 e. The summed E-state index contributed by atoms with van der Waals surface area (Å²) in [6.45, 7) is 3.86. The van der Waals surface area contributed by atoms with E-state index in [1.54, 1.807) is 6.92 Å². The molecule has 0 unspecified atom stereocenters. The van der Waals surface area contributed by atoms with Crippen molar-refractivity contribution in [2.45, 2.75) is 13.8 Å². The van der Waals surface area contributed by atoms with Gasteiger partial charge in [0.15, 0.2) is 0 Å². The van der Waals surface area contributed by atoms with E-state index >= 15 is 0 Å². The molecule has 0 amide bonds. The number of benzene rings is 1. The second-order valence-electron chi connectivity index (χ2n) is 3.47. The Labute approximate surface area is 91.0 Å². The van der Waals surface area contributed by atoms with Crippen LogP contribution in [0.3, 0.4) is 0 Å². The molecular formula is C11H11BrN2. The normalized spacial score (nSPS) is 10.8. The van der Waals surface area contributed by atoms with E-state index in [0.717, 1.165) is 20.9 Å². The van der Waals surface area contributed by atoms with Gasteiger partial charge in [-0.2, -0.15) is 0 Å². The molecule has 1 aromatic heterocycles. The van der Waals surface area contributed by atoms with Crippen molar-refractivity contribution < 1.29 is 0 Å². The number of hydrogen-bond donors (Lipinski definition) is 2. The molecule has 0 spiro atoms. The Morgan fingerprint density at radius 2 is 2.14 bits per heavy atom. The first-order valence-electron chi connectivity index (χ1n) is 4.42. The van der Waals surface area contributed by atoms with Gasteiger partial charge in [-0.05, 0) is 31.5 Å². The number of hydrogen-bond acceptors (Lipinski definition) is 1. The molecule has 3 heteroatoms. The molecule has 0 aliphatic rings. The molecule has 0 radical (unpaired) electrons. The standard InChI is InChI=1S/C11H11BrN2/c1-6-3-11-8(4-10(6)12)9(5-14-11)7(2)13/h3-5,13-14H,1-2H3. The molecular weight excluding hydrogens is 240 g/mol. The van der Waals surface area contributed by atoms with Crippen LogP contribution in [0.1, 0.15) is 18.1 Å². The fraction of sp³-hybridized carbons (Fsp3) is 0.182. The van der Waals surface area contributed by atoms with Crippen molar-refractivity contribution in [3.8, 4) is 0 Å². The molecule has 0 aliphatic heterocycles. The van der Waals surface area contributed by atoms with Crippen LogP contribution in [0, 0.1) is 12.3 Å². The van der Waals surface area contributed by atoms with Gasteiger partial charge in [-0.15, -0.1) is 0 Å². The van der Waals surface area contributed by atoms with Crippen LogP contribution in [-0.2, 0) is 0 Å². The van der Waals surface area contributed by atoms with Crippen LogP contribution < -0.4 is 0 Å². The van der Waals surface area contributed by atoms with Gasteiger partial charge in [-0.25, -0.2) is 0 Å². The number of fused-ring (bicyclic) bond motifs is 1. The smallest absolute Gasteiger partial charge is 0.0464 e. The zero-order chi connectivity index (χ0) is 10.3. The van der Waals surface area contributed by atoms with Crippen LogP contribution in [-0.4, -0.2) is 10.7 Å². The van der Waals surface area contributed by atoms with Crippen molar-refractivity contribution in [1.29, 1.82) is 5.41 Å². The van der Waals surface area contributed by atoms with Crippen LogP contribution >= 0.6 is 15.9 Å². The van der Waals surface area contributed by atoms with Crippen molar-refractivity contribution in [3.63, 3.8) is 0 Å². The van der Waals surface area contributed by atoms with Crippen molar-refractivity contribution in [1.82, 2.24) is 4.98 Å². The Balaban J connectivity index is 2.80. The van der Waals surface area contributed by atoms with Gasteiger partial charge in [-0.1, -0.05) is 15.9 Å². The number of aromatic nitrogens is 1. The molecule has 14 heavy (non-hydrogen) atoms. The topological polar surface area (TPSA) is 39.6 Å². The van der Waals surface area contributed by atoms with E-state index in [2.05, 4.69) is 40.0 Å². The van der Waals surface area contributed by atoms with E-state index in [9.17, 15) is 0 Å². The van der Waals surface area contributed by atoms with Crippen molar-refractivity contribution >= 4 is 32.5 Å². The van der Waals surface area contributed by atoms with Gasteiger partial charge < -0.3 is 10.4 Å². The third kappa shape index (κ3) is 1.38. The van der Waals surface area contributed by atoms with Gasteiger partial charge in [0.05, 0.1) is 0 Å². The average molecular weight is 251 g/mol. The molecule has 1 heterocycles. The van der Waals surface area contributed by atoms with Gasteiger partial charge in [-0.3, -0.25) is 0 Å². The first kappa shape index (κ1) is 9.46. The maximum absolute atomic E-state index is 7.62. The number of aryl methyl sites for hydroxylation is 1. The quantitative estimate of drug-likeness (QED) is 0.726. The first-order valence-corrected chi connectivity index (χ1v) is 5.21. The Morgan fingerprint density at radius 3 is 2.79 bits per heavy atom. The van der Waals surface area contributed by atoms with Crippen molar-refractivity contribution in [3.05, 3.63) is 33.9 Å². The van der Waals surface area contributed by atoms with Crippen LogP contribution in [0.5, 0.6) is 0 Å². The second kappa shape index (κ2) is 3.24. The van der Waals surface area contributed by atoms with E-state index < -0.39 is 0 Å². The van der Waals surface area contributed by atoms with Gasteiger partial charge >= 0.3 is 0 Å². The third-order valence-electron chi connectivity index (χ3n) is 2.36. The summed E-state index contributed by atoms with van der Waals surface area (Å²) in [5.74, 6) is 0. The van der Waals surface area contributed by atoms with Crippen LogP contribution in [0.15, 0.2) is 22.8 Å². The summed E-state index contributed by atoms with van der Waals surface area (Å²) < 4.78 is 1.09. The second-order valence-corrected chi connectivity index (χ2v) is 4.33. The molecule has 2 rings (SSSR count). The number of H-pyrrole nitrogens is 1. The predicted molar refractivity (Wildman–Crippen MR) is 63.2 cm³/mol. The molecule has 0 saturated carbocycles. The van der Waals surface area contributed by atoms with E-state index in [4.69, 9.17) is 5.41 Å². The van der Waals surface area contributed by atoms with E-state index in [-0.39, 0.29) is 0 Å². The largest absolute Gasteiger partial charge is 0.360 e. The summed E-state index contributed by atoms with van der Waals surface area (Å²) in [4.78, 5) is 3.18. The lowest BCUT2D eigenvalue weighted by Gasteiger charge is -1.99. The van der Waals surface area contributed by atoms with Gasteiger partial charge in [0.1, 0.15) is 0 Å². The predicted octanol–water partition coefficient (Wildman–Crippen LogP) is 3.63. The fourth-order valence-electron chi connectivity index (χ4n) is 1.56. The minimum absolute atomic E-state index is 0.590. The average Bonchev–Trinajstić information content (AvgIpc) is 2.48. The molecule has 0 bridgehead atoms. The van der Waals surface area contributed by atoms with Crippen LogP contribution in [0.25, 0.3) is 10.9 Å². The molecule has 0 fully saturated rings. The minimum Gasteiger partial charge on any atom is -0.360 e. The molecule has 2 N–H and O–H groups in total. The molecule has 2 nitrogen and oxygen atoms in total. The summed E-state index contributed by atoms with van der Waals surface area (Å²) >= 11 is 3.50. The highest BCUT2D eigenvalue weighted by Crippen LogP contribution is 2.26. The van der Waals surface area contributed by atoms with Gasteiger partial charge in [0.2, 0.25) is 0 Å². The van der Waals surface area contributed by atoms with Crippen LogP contribution in [0.2, 0.25) is 0 Å². The van der Waals surface area contributed by atoms with Crippen molar-refractivity contribution in [2.75, 3.05) is 0 Å². The molecule has 0 aliphatic carbocycles. The Hall–Kier alpha value is -1.09. The highest BCUT2D eigenvalue weighted by molar-refractivity contribution is 9.10. The lowest BCUT2D eigenvalue weighted by Crippen LogP contribution is -1.89. The highest BCUT2D eigenvalue weighted by Gasteiger charge is 2.06. The Bertz CT molecular complexity index is 511. The first-order chi connectivity index (χ1) is 6.59. The highest BCUT2D eigenvalue weighted by atomic mass is 79.9. The maximum atomic E-state index is 7.62. The van der Waals surface area contributed by atoms with Gasteiger partial charge in [0.25, 0.3) is 0 Å². The summed E-state index contributed by atoms with van der Waals surface area (Å²) in [5, 5.41) is 8.73. The third-order valence-corrected chi connectivity index (χ3v) is 3.22. The zero-order valence-electron chi connectivity index (χ0n) is 8.11. The molecule has 0 atom stereocenters. The lowest BCUT2D eigenvalue weighted by molar-refractivity contribution is 1.41. The Kier molecular flexibility index (Phi) is 2.19. The molecule has 1 aromatic carbocycles. The number of rotatable bonds is 1. The zero-order valence-corrected chi connectivity index (χ0v) is 9.70. The molecule has 0 saturated heterocycles. The number of nitrogens with one attached hydrogen (secondary N) is 2. The van der Waals surface area contributed by atoms with Crippen molar-refractivity contribution in [2.24, 2.45) is 0 Å². The minimum atomic E-state index is 0.590. The number of aromatic amines is 1. The lowest BCUT2D eigenvalue weighted by atomic mass is 10.1. The monoisotopic (exact) mass is 250 g/mol. The summed E-state index contributed by atoms with van der Waals surface area (Å²) in [7, 11) is 0. The van der Waals surface area contributed by atoms with Gasteiger partial charge in [0, 0.05) is 32.8 Å². The van der Waals surface area contributed by atoms with E-state index in [1.165, 1.54) is 5.56 Å². The SMILES string of the molecule is CC(=N)c1c[nH]c2cc(C)c(Br)cc12.